The van der Waals surface area contributed by atoms with E-state index >= 15 is 0 Å². The summed E-state index contributed by atoms with van der Waals surface area (Å²) in [6.45, 7) is 3.87. The van der Waals surface area contributed by atoms with Crippen molar-refractivity contribution in [1.82, 2.24) is 14.9 Å². The molecule has 8 heteroatoms. The average Bonchev–Trinajstić information content (AvgIpc) is 2.95. The fourth-order valence-corrected chi connectivity index (χ4v) is 3.95. The van der Waals surface area contributed by atoms with Gasteiger partial charge in [0.1, 0.15) is 5.69 Å². The van der Waals surface area contributed by atoms with Crippen LogP contribution >= 0.6 is 0 Å². The summed E-state index contributed by atoms with van der Waals surface area (Å²) < 4.78 is 48.4. The molecule has 144 valence electrons. The Balaban J connectivity index is 1.94. The second-order valence-electron chi connectivity index (χ2n) is 6.94. The molecular formula is C19H20F3N3O2. The molecule has 3 heterocycles. The van der Waals surface area contributed by atoms with Gasteiger partial charge in [0.25, 0.3) is 0 Å². The third-order valence-electron chi connectivity index (χ3n) is 5.06. The molecule has 0 aliphatic carbocycles. The van der Waals surface area contributed by atoms with E-state index in [2.05, 4.69) is 10.3 Å². The van der Waals surface area contributed by atoms with E-state index < -0.39 is 11.9 Å². The molecule has 1 saturated heterocycles. The molecular weight excluding hydrogens is 359 g/mol. The van der Waals surface area contributed by atoms with Crippen LogP contribution in [-0.4, -0.2) is 35.4 Å². The van der Waals surface area contributed by atoms with Gasteiger partial charge >= 0.3 is 6.18 Å². The number of morpholine rings is 1. The molecule has 2 aromatic heterocycles. The predicted octanol–water partition coefficient (Wildman–Crippen LogP) is 3.44. The standard InChI is InChI=1S/C19H20F3N3O2/c1-11(8-13-10-23-6-7-27-13)25-16-9-12(26)2-3-14(16)15-4-5-24-18(17(15)25)19(20,21)22/h2-5,9,11,13,23-24H,6-8,10H2,1H3. The number of hydrogen-bond acceptors (Lipinski definition) is 3. The summed E-state index contributed by atoms with van der Waals surface area (Å²) >= 11 is 0. The number of benzene rings is 1. The normalized spacial score (nSPS) is 19.6. The van der Waals surface area contributed by atoms with Crippen LogP contribution in [0.5, 0.6) is 0 Å². The number of nitrogens with zero attached hydrogens (tertiary/aromatic N) is 1. The highest BCUT2D eigenvalue weighted by Crippen LogP contribution is 2.39. The molecule has 3 aromatic rings. The average molecular weight is 379 g/mol. The van der Waals surface area contributed by atoms with Crippen molar-refractivity contribution >= 4 is 21.8 Å². The fourth-order valence-electron chi connectivity index (χ4n) is 3.95. The number of H-pyrrole nitrogens is 1. The summed E-state index contributed by atoms with van der Waals surface area (Å²) in [4.78, 5) is 14.3. The molecule has 1 fully saturated rings. The van der Waals surface area contributed by atoms with Gasteiger partial charge in [-0.05, 0) is 31.5 Å². The quantitative estimate of drug-likeness (QED) is 0.733. The maximum Gasteiger partial charge on any atom is 0.433 e. The molecule has 27 heavy (non-hydrogen) atoms. The first-order valence-corrected chi connectivity index (χ1v) is 8.91. The Morgan fingerprint density at radius 3 is 2.81 bits per heavy atom. The van der Waals surface area contributed by atoms with Crippen molar-refractivity contribution in [2.75, 3.05) is 19.7 Å². The first-order chi connectivity index (χ1) is 12.9. The van der Waals surface area contributed by atoms with Crippen molar-refractivity contribution in [3.05, 3.63) is 46.4 Å². The number of fused-ring (bicyclic) bond motifs is 3. The van der Waals surface area contributed by atoms with E-state index in [0.717, 1.165) is 6.54 Å². The number of rotatable bonds is 3. The van der Waals surface area contributed by atoms with E-state index in [4.69, 9.17) is 4.74 Å². The van der Waals surface area contributed by atoms with Crippen molar-refractivity contribution in [3.63, 3.8) is 0 Å². The molecule has 1 aliphatic rings. The highest BCUT2D eigenvalue weighted by Gasteiger charge is 2.36. The number of alkyl halides is 3. The lowest BCUT2D eigenvalue weighted by molar-refractivity contribution is -0.140. The molecule has 2 atom stereocenters. The molecule has 0 spiro atoms. The number of nitrogens with one attached hydrogen (secondary N) is 2. The van der Waals surface area contributed by atoms with E-state index in [1.165, 1.54) is 18.3 Å². The minimum absolute atomic E-state index is 0.0712. The molecule has 5 nitrogen and oxygen atoms in total. The van der Waals surface area contributed by atoms with Gasteiger partial charge in [0.15, 0.2) is 5.43 Å². The molecule has 1 aromatic carbocycles. The number of ether oxygens (including phenoxy) is 1. The van der Waals surface area contributed by atoms with Crippen LogP contribution in [0.3, 0.4) is 0 Å². The number of aromatic nitrogens is 2. The lowest BCUT2D eigenvalue weighted by Gasteiger charge is -2.27. The lowest BCUT2D eigenvalue weighted by Crippen LogP contribution is -2.39. The summed E-state index contributed by atoms with van der Waals surface area (Å²) in [6, 6.07) is 5.73. The van der Waals surface area contributed by atoms with Gasteiger partial charge in [-0.2, -0.15) is 13.2 Å². The van der Waals surface area contributed by atoms with E-state index in [1.54, 1.807) is 16.7 Å². The van der Waals surface area contributed by atoms with Crippen molar-refractivity contribution in [2.45, 2.75) is 31.7 Å². The highest BCUT2D eigenvalue weighted by atomic mass is 19.4. The van der Waals surface area contributed by atoms with E-state index in [9.17, 15) is 18.0 Å². The summed E-state index contributed by atoms with van der Waals surface area (Å²) in [5, 5.41) is 4.35. The van der Waals surface area contributed by atoms with Gasteiger partial charge in [-0.1, -0.05) is 0 Å². The van der Waals surface area contributed by atoms with Gasteiger partial charge < -0.3 is 19.6 Å². The Hall–Kier alpha value is -2.32. The molecule has 0 amide bonds. The van der Waals surface area contributed by atoms with Crippen LogP contribution in [0, 0.1) is 0 Å². The molecule has 2 N–H and O–H groups in total. The van der Waals surface area contributed by atoms with Gasteiger partial charge in [-0.25, -0.2) is 0 Å². The number of aromatic amines is 1. The first-order valence-electron chi connectivity index (χ1n) is 8.91. The van der Waals surface area contributed by atoms with Crippen molar-refractivity contribution in [3.8, 4) is 0 Å². The number of pyridine rings is 1. The van der Waals surface area contributed by atoms with Crippen LogP contribution in [0.1, 0.15) is 25.1 Å². The maximum atomic E-state index is 13.7. The van der Waals surface area contributed by atoms with Gasteiger partial charge in [-0.15, -0.1) is 0 Å². The van der Waals surface area contributed by atoms with Crippen LogP contribution in [0.4, 0.5) is 13.2 Å². The largest absolute Gasteiger partial charge is 0.433 e. The Morgan fingerprint density at radius 2 is 2.11 bits per heavy atom. The van der Waals surface area contributed by atoms with Crippen LogP contribution in [0.15, 0.2) is 35.3 Å². The zero-order valence-electron chi connectivity index (χ0n) is 14.8. The van der Waals surface area contributed by atoms with Crippen LogP contribution < -0.4 is 10.7 Å². The number of halogens is 3. The third-order valence-corrected chi connectivity index (χ3v) is 5.06. The Bertz CT molecular complexity index is 1030. The van der Waals surface area contributed by atoms with E-state index in [-0.39, 0.29) is 23.1 Å². The van der Waals surface area contributed by atoms with E-state index in [1.807, 2.05) is 6.92 Å². The van der Waals surface area contributed by atoms with Gasteiger partial charge in [0, 0.05) is 42.2 Å². The summed E-state index contributed by atoms with van der Waals surface area (Å²) in [5.74, 6) is 0. The van der Waals surface area contributed by atoms with Crippen molar-refractivity contribution in [2.24, 2.45) is 0 Å². The molecule has 1 aliphatic heterocycles. The highest BCUT2D eigenvalue weighted by molar-refractivity contribution is 6.08. The second kappa shape index (κ2) is 6.69. The van der Waals surface area contributed by atoms with Crippen LogP contribution in [-0.2, 0) is 10.9 Å². The minimum Gasteiger partial charge on any atom is -0.375 e. The summed E-state index contributed by atoms with van der Waals surface area (Å²) in [6.07, 6.45) is -2.78. The summed E-state index contributed by atoms with van der Waals surface area (Å²) in [7, 11) is 0. The topological polar surface area (TPSA) is 59.0 Å². The Morgan fingerprint density at radius 1 is 1.30 bits per heavy atom. The Kier molecular flexibility index (Phi) is 4.47. The summed E-state index contributed by atoms with van der Waals surface area (Å²) in [5.41, 5.74) is -0.453. The fraction of sp³-hybridized carbons (Fsp3) is 0.421. The van der Waals surface area contributed by atoms with Gasteiger partial charge in [0.05, 0.1) is 23.7 Å². The zero-order chi connectivity index (χ0) is 19.2. The zero-order valence-corrected chi connectivity index (χ0v) is 14.8. The second-order valence-corrected chi connectivity index (χ2v) is 6.94. The molecule has 0 saturated carbocycles. The molecule has 0 radical (unpaired) electrons. The minimum atomic E-state index is -4.53. The maximum absolute atomic E-state index is 13.7. The molecule has 0 bridgehead atoms. The van der Waals surface area contributed by atoms with E-state index in [0.29, 0.717) is 35.9 Å². The van der Waals surface area contributed by atoms with Gasteiger partial charge in [0.2, 0.25) is 0 Å². The molecule has 2 unspecified atom stereocenters. The first kappa shape index (κ1) is 18.1. The van der Waals surface area contributed by atoms with Crippen LogP contribution in [0.25, 0.3) is 21.8 Å². The van der Waals surface area contributed by atoms with Crippen molar-refractivity contribution in [1.29, 1.82) is 0 Å². The lowest BCUT2D eigenvalue weighted by atomic mass is 10.1. The van der Waals surface area contributed by atoms with Crippen LogP contribution in [0.2, 0.25) is 0 Å². The predicted molar refractivity (Wildman–Crippen MR) is 97.0 cm³/mol. The smallest absolute Gasteiger partial charge is 0.375 e. The van der Waals surface area contributed by atoms with Gasteiger partial charge in [-0.3, -0.25) is 4.79 Å². The number of hydrogen-bond donors (Lipinski definition) is 2. The molecule has 4 rings (SSSR count). The third kappa shape index (κ3) is 3.23. The van der Waals surface area contributed by atoms with Crippen molar-refractivity contribution < 1.29 is 17.9 Å². The monoisotopic (exact) mass is 379 g/mol. The Labute approximate surface area is 153 Å². The SMILES string of the molecule is CC(CC1CNCCO1)n1c2cc(=O)ccc2c2cc[nH]c(C(F)(F)F)c21.